The maximum Gasteiger partial charge on any atom is 0.273 e. The lowest BCUT2D eigenvalue weighted by atomic mass is 9.75. The Morgan fingerprint density at radius 1 is 1.18 bits per heavy atom. The van der Waals surface area contributed by atoms with Crippen LogP contribution in [0.25, 0.3) is 0 Å². The van der Waals surface area contributed by atoms with Gasteiger partial charge in [0.15, 0.2) is 5.13 Å². The maximum absolute atomic E-state index is 13.3. The molecule has 8 nitrogen and oxygen atoms in total. The SMILES string of the molecule is COCC12CCCCN(C(=O)c3csc(N)n3)CCOc3ccccc3C(=O)N(CC1)CC2. The van der Waals surface area contributed by atoms with Crippen molar-refractivity contribution in [1.82, 2.24) is 14.8 Å². The second-order valence-electron chi connectivity index (χ2n) is 8.89. The molecule has 1 fully saturated rings. The molecule has 5 rings (SSSR count). The zero-order valence-corrected chi connectivity index (χ0v) is 19.9. The first kappa shape index (κ1) is 23.5. The predicted octanol–water partition coefficient (Wildman–Crippen LogP) is 3.30. The van der Waals surface area contributed by atoms with E-state index < -0.39 is 0 Å². The van der Waals surface area contributed by atoms with Crippen molar-refractivity contribution in [3.63, 3.8) is 0 Å². The second kappa shape index (κ2) is 10.5. The van der Waals surface area contributed by atoms with Gasteiger partial charge >= 0.3 is 0 Å². The van der Waals surface area contributed by atoms with Crippen molar-refractivity contribution in [2.45, 2.75) is 32.1 Å². The summed E-state index contributed by atoms with van der Waals surface area (Å²) in [5.74, 6) is 0.410. The number of benzene rings is 1. The summed E-state index contributed by atoms with van der Waals surface area (Å²) >= 11 is 1.26. The highest BCUT2D eigenvalue weighted by atomic mass is 32.1. The van der Waals surface area contributed by atoms with E-state index in [4.69, 9.17) is 15.2 Å². The summed E-state index contributed by atoms with van der Waals surface area (Å²) in [6, 6.07) is 7.35. The molecule has 1 saturated heterocycles. The van der Waals surface area contributed by atoms with Crippen molar-refractivity contribution < 1.29 is 19.1 Å². The number of aromatic nitrogens is 1. The topological polar surface area (TPSA) is 98.0 Å². The summed E-state index contributed by atoms with van der Waals surface area (Å²) in [5.41, 5.74) is 6.74. The van der Waals surface area contributed by atoms with Gasteiger partial charge in [-0.2, -0.15) is 0 Å². The maximum atomic E-state index is 13.3. The summed E-state index contributed by atoms with van der Waals surface area (Å²) in [4.78, 5) is 34.2. The number of carbonyl (C=O) groups excluding carboxylic acids is 2. The molecule has 0 spiro atoms. The number of nitrogens with zero attached hydrogens (tertiary/aromatic N) is 3. The smallest absolute Gasteiger partial charge is 0.273 e. The number of nitrogens with two attached hydrogens (primary N) is 1. The van der Waals surface area contributed by atoms with E-state index in [0.717, 1.165) is 32.1 Å². The van der Waals surface area contributed by atoms with Gasteiger partial charge in [0.2, 0.25) is 0 Å². The Morgan fingerprint density at radius 3 is 2.70 bits per heavy atom. The molecule has 1 aromatic heterocycles. The van der Waals surface area contributed by atoms with Crippen LogP contribution in [0.2, 0.25) is 0 Å². The Hall–Kier alpha value is -2.65. The van der Waals surface area contributed by atoms with E-state index in [-0.39, 0.29) is 17.2 Å². The highest BCUT2D eigenvalue weighted by molar-refractivity contribution is 7.13. The van der Waals surface area contributed by atoms with Gasteiger partial charge in [-0.15, -0.1) is 11.3 Å². The van der Waals surface area contributed by atoms with Gasteiger partial charge in [-0.3, -0.25) is 9.59 Å². The molecule has 178 valence electrons. The number of amides is 2. The number of carbonyl (C=O) groups is 2. The molecule has 0 atom stereocenters. The van der Waals surface area contributed by atoms with E-state index >= 15 is 0 Å². The van der Waals surface area contributed by atoms with Crippen LogP contribution >= 0.6 is 11.3 Å². The Bertz CT molecular complexity index is 971. The molecule has 2 N–H and O–H groups in total. The van der Waals surface area contributed by atoms with Crippen molar-refractivity contribution in [3.8, 4) is 5.75 Å². The van der Waals surface area contributed by atoms with Gasteiger partial charge in [0.05, 0.1) is 18.7 Å². The number of rotatable bonds is 3. The molecule has 9 heteroatoms. The minimum atomic E-state index is -0.140. The fourth-order valence-electron chi connectivity index (χ4n) is 4.83. The summed E-state index contributed by atoms with van der Waals surface area (Å²) in [5, 5.41) is 2.08. The molecule has 2 aromatic rings. The predicted molar refractivity (Wildman–Crippen MR) is 128 cm³/mol. The van der Waals surface area contributed by atoms with Crippen LogP contribution in [0.1, 0.15) is 53.0 Å². The average Bonchev–Trinajstić information content (AvgIpc) is 3.26. The summed E-state index contributed by atoms with van der Waals surface area (Å²) in [6.07, 6.45) is 4.71. The lowest BCUT2D eigenvalue weighted by Crippen LogP contribution is -2.45. The van der Waals surface area contributed by atoms with E-state index in [1.807, 2.05) is 29.2 Å². The standard InChI is InChI=1S/C24H32N4O4S/c1-31-17-24-8-4-5-11-27(22(30)19-16-33-23(25)26-19)14-15-32-20-7-3-2-6-18(20)21(29)28(12-9-24)13-10-24/h2-3,6-7,16H,4-5,8-15,17H2,1H3,(H2,25,26). The molecule has 2 amide bonds. The first-order valence-corrected chi connectivity index (χ1v) is 12.4. The van der Waals surface area contributed by atoms with Crippen molar-refractivity contribution in [2.75, 3.05) is 52.2 Å². The van der Waals surface area contributed by atoms with Crippen LogP contribution in [0.5, 0.6) is 5.75 Å². The number of anilines is 1. The van der Waals surface area contributed by atoms with Crippen molar-refractivity contribution in [1.29, 1.82) is 0 Å². The third-order valence-electron chi connectivity index (χ3n) is 6.71. The van der Waals surface area contributed by atoms with Crippen LogP contribution in [0.15, 0.2) is 29.6 Å². The molecular formula is C24H32N4O4S. The first-order chi connectivity index (χ1) is 16.0. The number of fused-ring (bicyclic) bond motifs is 9. The molecule has 0 aliphatic carbocycles. The molecule has 0 radical (unpaired) electrons. The quantitative estimate of drug-likeness (QED) is 0.736. The van der Waals surface area contributed by atoms with Crippen LogP contribution in [-0.4, -0.2) is 73.1 Å². The number of piperidine rings is 1. The second-order valence-corrected chi connectivity index (χ2v) is 9.78. The van der Waals surface area contributed by atoms with Crippen LogP contribution < -0.4 is 10.5 Å². The Morgan fingerprint density at radius 2 is 1.97 bits per heavy atom. The molecule has 4 heterocycles. The minimum Gasteiger partial charge on any atom is -0.491 e. The van der Waals surface area contributed by atoms with E-state index in [1.165, 1.54) is 11.3 Å². The van der Waals surface area contributed by atoms with Gasteiger partial charge in [-0.25, -0.2) is 4.98 Å². The summed E-state index contributed by atoms with van der Waals surface area (Å²) in [6.45, 7) is 3.44. The Kier molecular flexibility index (Phi) is 7.49. The van der Waals surface area contributed by atoms with E-state index in [0.29, 0.717) is 61.5 Å². The van der Waals surface area contributed by atoms with Crippen LogP contribution in [0.4, 0.5) is 5.13 Å². The van der Waals surface area contributed by atoms with E-state index in [1.54, 1.807) is 17.4 Å². The Labute approximate surface area is 198 Å². The minimum absolute atomic E-state index is 0.00244. The third kappa shape index (κ3) is 5.47. The first-order valence-electron chi connectivity index (χ1n) is 11.5. The van der Waals surface area contributed by atoms with Gasteiger partial charge in [0.25, 0.3) is 11.8 Å². The monoisotopic (exact) mass is 472 g/mol. The summed E-state index contributed by atoms with van der Waals surface area (Å²) in [7, 11) is 1.75. The van der Waals surface area contributed by atoms with Crippen molar-refractivity contribution in [3.05, 3.63) is 40.9 Å². The molecule has 1 aromatic carbocycles. The van der Waals surface area contributed by atoms with E-state index in [2.05, 4.69) is 4.98 Å². The van der Waals surface area contributed by atoms with Gasteiger partial charge in [0, 0.05) is 32.1 Å². The number of hydrogen-bond acceptors (Lipinski definition) is 7. The molecule has 3 aliphatic heterocycles. The van der Waals surface area contributed by atoms with Crippen molar-refractivity contribution >= 4 is 28.3 Å². The van der Waals surface area contributed by atoms with Crippen LogP contribution in [-0.2, 0) is 4.74 Å². The van der Waals surface area contributed by atoms with Gasteiger partial charge < -0.3 is 25.0 Å². The lowest BCUT2D eigenvalue weighted by Gasteiger charge is -2.41. The lowest BCUT2D eigenvalue weighted by molar-refractivity contribution is 0.0136. The zero-order chi connectivity index (χ0) is 23.3. The molecule has 0 saturated carbocycles. The number of hydrogen-bond donors (Lipinski definition) is 1. The van der Waals surface area contributed by atoms with Crippen molar-refractivity contribution in [2.24, 2.45) is 5.41 Å². The number of methoxy groups -OCH3 is 1. The van der Waals surface area contributed by atoms with Gasteiger partial charge in [-0.1, -0.05) is 18.6 Å². The Balaban J connectivity index is 1.57. The number of thiazole rings is 1. The number of ether oxygens (including phenoxy) is 2. The highest BCUT2D eigenvalue weighted by Crippen LogP contribution is 2.38. The van der Waals surface area contributed by atoms with Crippen LogP contribution in [0.3, 0.4) is 0 Å². The normalized spacial score (nSPS) is 19.4. The zero-order valence-electron chi connectivity index (χ0n) is 19.1. The van der Waals surface area contributed by atoms with Gasteiger partial charge in [0.1, 0.15) is 18.1 Å². The molecule has 2 bridgehead atoms. The highest BCUT2D eigenvalue weighted by Gasteiger charge is 2.36. The molecule has 0 unspecified atom stereocenters. The largest absolute Gasteiger partial charge is 0.491 e. The molecule has 3 aliphatic rings. The third-order valence-corrected chi connectivity index (χ3v) is 7.39. The number of nitrogen functional groups attached to an aromatic ring is 1. The average molecular weight is 473 g/mol. The molecular weight excluding hydrogens is 440 g/mol. The van der Waals surface area contributed by atoms with E-state index in [9.17, 15) is 9.59 Å². The summed E-state index contributed by atoms with van der Waals surface area (Å²) < 4.78 is 11.6. The fraction of sp³-hybridized carbons (Fsp3) is 0.542. The van der Waals surface area contributed by atoms with Gasteiger partial charge in [-0.05, 0) is 43.2 Å². The number of para-hydroxylation sites is 1. The van der Waals surface area contributed by atoms with Crippen LogP contribution in [0, 0.1) is 5.41 Å². The fourth-order valence-corrected chi connectivity index (χ4v) is 5.36. The molecule has 33 heavy (non-hydrogen) atoms.